The highest BCUT2D eigenvalue weighted by atomic mass is 79.9. The lowest BCUT2D eigenvalue weighted by atomic mass is 9.99. The van der Waals surface area contributed by atoms with E-state index in [1.807, 2.05) is 29.6 Å². The van der Waals surface area contributed by atoms with Crippen LogP contribution in [0.1, 0.15) is 49.7 Å². The summed E-state index contributed by atoms with van der Waals surface area (Å²) in [7, 11) is 0. The molecule has 7 heteroatoms. The fraction of sp³-hybridized carbons (Fsp3) is 0.450. The smallest absolute Gasteiger partial charge is 0.238 e. The first-order valence-electron chi connectivity index (χ1n) is 9.06. The molecule has 0 bridgehead atoms. The van der Waals surface area contributed by atoms with E-state index in [1.54, 1.807) is 17.5 Å². The number of amides is 1. The fourth-order valence-corrected chi connectivity index (χ4v) is 3.97. The molecule has 1 aromatic carbocycles. The lowest BCUT2D eigenvalue weighted by molar-refractivity contribution is -0.124. The van der Waals surface area contributed by atoms with Crippen LogP contribution in [0.15, 0.2) is 40.3 Å². The molecule has 1 saturated carbocycles. The van der Waals surface area contributed by atoms with Crippen molar-refractivity contribution in [2.75, 3.05) is 0 Å². The van der Waals surface area contributed by atoms with Crippen molar-refractivity contribution in [1.82, 2.24) is 15.6 Å². The highest BCUT2D eigenvalue weighted by Crippen LogP contribution is 2.34. The van der Waals surface area contributed by atoms with Crippen molar-refractivity contribution in [3.05, 3.63) is 50.9 Å². The monoisotopic (exact) mass is 446 g/mol. The number of nitrogens with zero attached hydrogens (tertiary/aromatic N) is 2. The average Bonchev–Trinajstić information content (AvgIpc) is 3.20. The fourth-order valence-electron chi connectivity index (χ4n) is 2.98. The molecule has 3 rings (SSSR count). The number of hydrogen-bond donors (Lipinski definition) is 2. The number of carbonyl (C=O) groups is 1. The van der Waals surface area contributed by atoms with Gasteiger partial charge >= 0.3 is 0 Å². The Morgan fingerprint density at radius 2 is 2.07 bits per heavy atom. The highest BCUT2D eigenvalue weighted by Gasteiger charge is 2.45. The Kier molecular flexibility index (Phi) is 6.30. The van der Waals surface area contributed by atoms with Gasteiger partial charge in [-0.15, -0.1) is 11.3 Å². The maximum absolute atomic E-state index is 12.9. The van der Waals surface area contributed by atoms with E-state index in [0.717, 1.165) is 27.9 Å². The lowest BCUT2D eigenvalue weighted by Crippen LogP contribution is -2.50. The Labute approximate surface area is 172 Å². The van der Waals surface area contributed by atoms with Crippen molar-refractivity contribution in [3.63, 3.8) is 0 Å². The normalized spacial score (nSPS) is 17.1. The number of carbonyl (C=O) groups excluding carboxylic acids is 1. The third-order valence-electron chi connectivity index (χ3n) is 4.62. The van der Waals surface area contributed by atoms with Crippen LogP contribution >= 0.6 is 27.3 Å². The Balaban J connectivity index is 1.84. The van der Waals surface area contributed by atoms with Crippen LogP contribution < -0.4 is 10.6 Å². The zero-order valence-electron chi connectivity index (χ0n) is 15.4. The Morgan fingerprint density at radius 3 is 2.59 bits per heavy atom. The van der Waals surface area contributed by atoms with Crippen molar-refractivity contribution < 1.29 is 4.79 Å². The number of nitriles is 1. The molecule has 2 atom stereocenters. The van der Waals surface area contributed by atoms with Gasteiger partial charge in [0.2, 0.25) is 5.91 Å². The summed E-state index contributed by atoms with van der Waals surface area (Å²) in [6, 6.07) is 9.71. The van der Waals surface area contributed by atoms with Gasteiger partial charge in [0.15, 0.2) is 0 Å². The number of benzene rings is 1. The average molecular weight is 447 g/mol. The quantitative estimate of drug-likeness (QED) is 0.637. The Bertz CT molecular complexity index is 810. The Hall–Kier alpha value is -1.75. The van der Waals surface area contributed by atoms with Gasteiger partial charge in [-0.25, -0.2) is 4.98 Å². The summed E-state index contributed by atoms with van der Waals surface area (Å²) >= 11 is 5.03. The van der Waals surface area contributed by atoms with Gasteiger partial charge in [0.1, 0.15) is 10.5 Å². The summed E-state index contributed by atoms with van der Waals surface area (Å²) < 4.78 is 1.00. The Morgan fingerprint density at radius 1 is 1.37 bits per heavy atom. The standard InChI is InChI=1S/C20H23BrN4OS/c1-13(2)11-16(18(26)25-20(12-22)7-8-20)24-17(19-23-9-10-27-19)14-3-5-15(21)6-4-14/h3-6,9-10,13,16-17,24H,7-8,11H2,1-2H3,(H,25,26)/t16-,17?/m0/s1. The molecule has 142 valence electrons. The first-order valence-corrected chi connectivity index (χ1v) is 10.7. The van der Waals surface area contributed by atoms with Crippen LogP contribution in [0, 0.1) is 17.2 Å². The predicted molar refractivity (Wildman–Crippen MR) is 110 cm³/mol. The molecule has 1 aromatic heterocycles. The summed E-state index contributed by atoms with van der Waals surface area (Å²) in [4.78, 5) is 17.4. The minimum atomic E-state index is -0.664. The van der Waals surface area contributed by atoms with E-state index in [0.29, 0.717) is 12.3 Å². The van der Waals surface area contributed by atoms with Crippen LogP contribution in [0.2, 0.25) is 0 Å². The van der Waals surface area contributed by atoms with Gasteiger partial charge in [-0.1, -0.05) is 41.9 Å². The van der Waals surface area contributed by atoms with Crippen molar-refractivity contribution in [2.45, 2.75) is 50.7 Å². The van der Waals surface area contributed by atoms with E-state index in [2.05, 4.69) is 51.5 Å². The van der Waals surface area contributed by atoms with Crippen molar-refractivity contribution in [2.24, 2.45) is 5.92 Å². The molecule has 2 N–H and O–H groups in total. The first kappa shape index (κ1) is 20.0. The van der Waals surface area contributed by atoms with Gasteiger partial charge in [0.05, 0.1) is 18.2 Å². The zero-order valence-corrected chi connectivity index (χ0v) is 17.8. The van der Waals surface area contributed by atoms with E-state index < -0.39 is 11.6 Å². The molecule has 0 radical (unpaired) electrons. The van der Waals surface area contributed by atoms with Crippen LogP contribution in [-0.2, 0) is 4.79 Å². The van der Waals surface area contributed by atoms with Crippen molar-refractivity contribution >= 4 is 33.2 Å². The molecule has 2 aromatic rings. The van der Waals surface area contributed by atoms with E-state index in [1.165, 1.54) is 0 Å². The summed E-state index contributed by atoms with van der Waals surface area (Å²) in [6.07, 6.45) is 3.92. The molecule has 5 nitrogen and oxygen atoms in total. The second-order valence-corrected chi connectivity index (χ2v) is 9.23. The number of halogens is 1. The highest BCUT2D eigenvalue weighted by molar-refractivity contribution is 9.10. The van der Waals surface area contributed by atoms with Crippen molar-refractivity contribution in [1.29, 1.82) is 5.26 Å². The van der Waals surface area contributed by atoms with Crippen LogP contribution in [0.25, 0.3) is 0 Å². The van der Waals surface area contributed by atoms with Crippen LogP contribution in [0.4, 0.5) is 0 Å². The minimum Gasteiger partial charge on any atom is -0.336 e. The van der Waals surface area contributed by atoms with E-state index in [4.69, 9.17) is 0 Å². The maximum Gasteiger partial charge on any atom is 0.238 e. The molecule has 1 fully saturated rings. The third kappa shape index (κ3) is 5.16. The second kappa shape index (κ2) is 8.51. The molecular formula is C20H23BrN4OS. The SMILES string of the molecule is CC(C)C[C@H](NC(c1ccc(Br)cc1)c1nccs1)C(=O)NC1(C#N)CC1. The van der Waals surface area contributed by atoms with Gasteiger partial charge in [-0.2, -0.15) is 5.26 Å². The molecule has 1 amide bonds. The molecule has 1 aliphatic carbocycles. The van der Waals surface area contributed by atoms with Gasteiger partial charge in [-0.05, 0) is 42.9 Å². The van der Waals surface area contributed by atoms with Crippen molar-refractivity contribution in [3.8, 4) is 6.07 Å². The minimum absolute atomic E-state index is 0.110. The number of rotatable bonds is 8. The summed E-state index contributed by atoms with van der Waals surface area (Å²) in [6.45, 7) is 4.19. The maximum atomic E-state index is 12.9. The number of nitrogens with one attached hydrogen (secondary N) is 2. The topological polar surface area (TPSA) is 77.8 Å². The van der Waals surface area contributed by atoms with Crippen LogP contribution in [-0.4, -0.2) is 22.5 Å². The lowest BCUT2D eigenvalue weighted by Gasteiger charge is -2.26. The van der Waals surface area contributed by atoms with Crippen LogP contribution in [0.3, 0.4) is 0 Å². The molecule has 1 unspecified atom stereocenters. The second-order valence-electron chi connectivity index (χ2n) is 7.39. The largest absolute Gasteiger partial charge is 0.336 e. The molecule has 0 aliphatic heterocycles. The molecule has 1 heterocycles. The number of aromatic nitrogens is 1. The summed E-state index contributed by atoms with van der Waals surface area (Å²) in [5.41, 5.74) is 0.388. The third-order valence-corrected chi connectivity index (χ3v) is 5.99. The number of hydrogen-bond acceptors (Lipinski definition) is 5. The van der Waals surface area contributed by atoms with E-state index >= 15 is 0 Å². The van der Waals surface area contributed by atoms with Gasteiger partial charge in [0.25, 0.3) is 0 Å². The summed E-state index contributed by atoms with van der Waals surface area (Å²) in [5, 5.41) is 18.6. The van der Waals surface area contributed by atoms with E-state index in [9.17, 15) is 10.1 Å². The van der Waals surface area contributed by atoms with Gasteiger partial charge in [-0.3, -0.25) is 10.1 Å². The number of thiazole rings is 1. The zero-order chi connectivity index (χ0) is 19.4. The van der Waals surface area contributed by atoms with E-state index in [-0.39, 0.29) is 11.9 Å². The van der Waals surface area contributed by atoms with Crippen LogP contribution in [0.5, 0.6) is 0 Å². The molecule has 0 saturated heterocycles. The molecule has 1 aliphatic rings. The van der Waals surface area contributed by atoms with Gasteiger partial charge < -0.3 is 5.32 Å². The first-order chi connectivity index (χ1) is 12.9. The summed E-state index contributed by atoms with van der Waals surface area (Å²) in [5.74, 6) is 0.230. The molecule has 27 heavy (non-hydrogen) atoms. The predicted octanol–water partition coefficient (Wildman–Crippen LogP) is 4.17. The van der Waals surface area contributed by atoms with Gasteiger partial charge in [0, 0.05) is 16.0 Å². The molecule has 0 spiro atoms. The molecular weight excluding hydrogens is 424 g/mol.